The zero-order chi connectivity index (χ0) is 19.2. The number of hydrogen-bond donors (Lipinski definition) is 1. The number of furan rings is 1. The summed E-state index contributed by atoms with van der Waals surface area (Å²) in [5, 5.41) is 10.1. The quantitative estimate of drug-likeness (QED) is 0.386. The van der Waals surface area contributed by atoms with Gasteiger partial charge in [0.05, 0.1) is 23.2 Å². The predicted octanol–water partition coefficient (Wildman–Crippen LogP) is 4.26. The first-order valence-corrected chi connectivity index (χ1v) is 9.86. The molecule has 5 nitrogen and oxygen atoms in total. The van der Waals surface area contributed by atoms with Gasteiger partial charge in [0.2, 0.25) is 0 Å². The van der Waals surface area contributed by atoms with Crippen molar-refractivity contribution < 1.29 is 23.8 Å². The molecule has 27 heavy (non-hydrogen) atoms. The van der Waals surface area contributed by atoms with E-state index in [9.17, 15) is 4.79 Å². The molecule has 0 aliphatic carbocycles. The lowest BCUT2D eigenvalue weighted by molar-refractivity contribution is -0.142. The van der Waals surface area contributed by atoms with E-state index in [0.29, 0.717) is 25.4 Å². The van der Waals surface area contributed by atoms with Crippen molar-refractivity contribution in [2.45, 2.75) is 26.4 Å². The van der Waals surface area contributed by atoms with Crippen LogP contribution in [0.5, 0.6) is 5.75 Å². The summed E-state index contributed by atoms with van der Waals surface area (Å²) in [5.41, 5.74) is 2.64. The van der Waals surface area contributed by atoms with Crippen molar-refractivity contribution in [1.82, 2.24) is 0 Å². The standard InChI is InChI=1S/C21H21IO5/c1-2-25-20(24)12-15-5-3-4-6-19(15)26-13-14-9-16-11-17(7-8-23)27-21(16)18(22)10-14/h3-6,9-11,23H,2,7-8,12-13H2,1H3. The number of rotatable bonds is 8. The largest absolute Gasteiger partial charge is 0.489 e. The first-order chi connectivity index (χ1) is 13.1. The van der Waals surface area contributed by atoms with E-state index in [4.69, 9.17) is 19.0 Å². The smallest absolute Gasteiger partial charge is 0.310 e. The maximum Gasteiger partial charge on any atom is 0.310 e. The van der Waals surface area contributed by atoms with Gasteiger partial charge in [-0.1, -0.05) is 18.2 Å². The average molecular weight is 480 g/mol. The minimum Gasteiger partial charge on any atom is -0.489 e. The lowest BCUT2D eigenvalue weighted by Gasteiger charge is -2.11. The highest BCUT2D eigenvalue weighted by atomic mass is 127. The highest BCUT2D eigenvalue weighted by Crippen LogP contribution is 2.28. The van der Waals surface area contributed by atoms with Gasteiger partial charge < -0.3 is 19.0 Å². The second-order valence-corrected chi connectivity index (χ2v) is 7.22. The molecule has 0 spiro atoms. The van der Waals surface area contributed by atoms with Gasteiger partial charge in [-0.25, -0.2) is 0 Å². The second kappa shape index (κ2) is 9.23. The fourth-order valence-electron chi connectivity index (χ4n) is 2.86. The summed E-state index contributed by atoms with van der Waals surface area (Å²) in [6, 6.07) is 13.5. The fourth-order valence-corrected chi connectivity index (χ4v) is 3.68. The van der Waals surface area contributed by atoms with E-state index < -0.39 is 0 Å². The number of ether oxygens (including phenoxy) is 2. The summed E-state index contributed by atoms with van der Waals surface area (Å²) in [5.74, 6) is 1.18. The van der Waals surface area contributed by atoms with E-state index >= 15 is 0 Å². The lowest BCUT2D eigenvalue weighted by atomic mass is 10.1. The van der Waals surface area contributed by atoms with Crippen molar-refractivity contribution in [3.05, 3.63) is 62.9 Å². The van der Waals surface area contributed by atoms with E-state index in [-0.39, 0.29) is 19.0 Å². The predicted molar refractivity (Wildman–Crippen MR) is 111 cm³/mol. The third kappa shape index (κ3) is 5.01. The molecule has 1 heterocycles. The Hall–Kier alpha value is -2.06. The topological polar surface area (TPSA) is 68.9 Å². The summed E-state index contributed by atoms with van der Waals surface area (Å²) in [6.45, 7) is 2.60. The van der Waals surface area contributed by atoms with E-state index in [2.05, 4.69) is 22.6 Å². The molecule has 0 bridgehead atoms. The highest BCUT2D eigenvalue weighted by molar-refractivity contribution is 14.1. The molecule has 0 aliphatic rings. The van der Waals surface area contributed by atoms with Crippen LogP contribution in [0.3, 0.4) is 0 Å². The van der Waals surface area contributed by atoms with Gasteiger partial charge in [-0.05, 0) is 59.3 Å². The summed E-state index contributed by atoms with van der Waals surface area (Å²) in [6.07, 6.45) is 0.685. The number of aliphatic hydroxyl groups excluding tert-OH is 1. The molecule has 3 rings (SSSR count). The molecule has 0 atom stereocenters. The molecule has 3 aromatic rings. The molecule has 0 fully saturated rings. The van der Waals surface area contributed by atoms with Gasteiger partial charge in [0.25, 0.3) is 0 Å². The molecule has 6 heteroatoms. The number of esters is 1. The van der Waals surface area contributed by atoms with Crippen molar-refractivity contribution in [3.63, 3.8) is 0 Å². The Bertz CT molecular complexity index is 931. The maximum absolute atomic E-state index is 11.8. The SMILES string of the molecule is CCOC(=O)Cc1ccccc1OCc1cc(I)c2oc(CCO)cc2c1. The Morgan fingerprint density at radius 2 is 2.04 bits per heavy atom. The molecule has 1 N–H and O–H groups in total. The van der Waals surface area contributed by atoms with Crippen molar-refractivity contribution >= 4 is 39.5 Å². The molecule has 1 aromatic heterocycles. The van der Waals surface area contributed by atoms with Gasteiger partial charge in [-0.2, -0.15) is 0 Å². The molecule has 2 aromatic carbocycles. The number of hydrogen-bond acceptors (Lipinski definition) is 5. The Labute approximate surface area is 171 Å². The number of halogens is 1. The van der Waals surface area contributed by atoms with Gasteiger partial charge >= 0.3 is 5.97 Å². The number of para-hydroxylation sites is 1. The molecule has 0 unspecified atom stereocenters. The molecule has 0 saturated heterocycles. The van der Waals surface area contributed by atoms with E-state index in [1.165, 1.54) is 0 Å². The number of benzene rings is 2. The van der Waals surface area contributed by atoms with Crippen LogP contribution < -0.4 is 4.74 Å². The molecule has 0 amide bonds. The van der Waals surface area contributed by atoms with Crippen LogP contribution in [0, 0.1) is 3.57 Å². The Morgan fingerprint density at radius 3 is 2.81 bits per heavy atom. The number of fused-ring (bicyclic) bond motifs is 1. The van der Waals surface area contributed by atoms with Crippen LogP contribution in [0.2, 0.25) is 0 Å². The first-order valence-electron chi connectivity index (χ1n) is 8.78. The van der Waals surface area contributed by atoms with Crippen LogP contribution in [-0.2, 0) is 29.0 Å². The van der Waals surface area contributed by atoms with Crippen LogP contribution >= 0.6 is 22.6 Å². The molecule has 0 saturated carbocycles. The van der Waals surface area contributed by atoms with E-state index in [0.717, 1.165) is 31.4 Å². The van der Waals surface area contributed by atoms with E-state index in [1.54, 1.807) is 6.92 Å². The summed E-state index contributed by atoms with van der Waals surface area (Å²) in [7, 11) is 0. The highest BCUT2D eigenvalue weighted by Gasteiger charge is 2.12. The Morgan fingerprint density at radius 1 is 1.22 bits per heavy atom. The average Bonchev–Trinajstić information content (AvgIpc) is 3.05. The fraction of sp³-hybridized carbons (Fsp3) is 0.286. The van der Waals surface area contributed by atoms with Gasteiger partial charge in [0.1, 0.15) is 23.7 Å². The molecular formula is C21H21IO5. The van der Waals surface area contributed by atoms with Crippen molar-refractivity contribution in [3.8, 4) is 5.75 Å². The van der Waals surface area contributed by atoms with Crippen LogP contribution in [0.25, 0.3) is 11.0 Å². The van der Waals surface area contributed by atoms with Gasteiger partial charge in [0.15, 0.2) is 0 Å². The third-order valence-corrected chi connectivity index (χ3v) is 4.85. The summed E-state index contributed by atoms with van der Waals surface area (Å²) < 4.78 is 17.8. The monoisotopic (exact) mass is 480 g/mol. The van der Waals surface area contributed by atoms with Gasteiger partial charge in [-0.15, -0.1) is 0 Å². The summed E-state index contributed by atoms with van der Waals surface area (Å²) >= 11 is 2.24. The second-order valence-electron chi connectivity index (χ2n) is 6.06. The number of aliphatic hydroxyl groups is 1. The molecule has 0 aliphatic heterocycles. The minimum absolute atomic E-state index is 0.0591. The Balaban J connectivity index is 1.76. The Kier molecular flexibility index (Phi) is 6.73. The molecule has 0 radical (unpaired) electrons. The van der Waals surface area contributed by atoms with Gasteiger partial charge in [-0.3, -0.25) is 4.79 Å². The third-order valence-electron chi connectivity index (χ3n) is 4.05. The number of carbonyl (C=O) groups is 1. The van der Waals surface area contributed by atoms with Crippen molar-refractivity contribution in [1.29, 1.82) is 0 Å². The minimum atomic E-state index is -0.265. The zero-order valence-electron chi connectivity index (χ0n) is 15.0. The normalized spacial score (nSPS) is 10.9. The van der Waals surface area contributed by atoms with Crippen LogP contribution in [0.1, 0.15) is 23.8 Å². The molecule has 142 valence electrons. The van der Waals surface area contributed by atoms with E-state index in [1.807, 2.05) is 42.5 Å². The summed E-state index contributed by atoms with van der Waals surface area (Å²) in [4.78, 5) is 11.8. The van der Waals surface area contributed by atoms with Crippen LogP contribution in [-0.4, -0.2) is 24.3 Å². The lowest BCUT2D eigenvalue weighted by Crippen LogP contribution is -2.09. The molecular weight excluding hydrogens is 459 g/mol. The van der Waals surface area contributed by atoms with Crippen molar-refractivity contribution in [2.24, 2.45) is 0 Å². The maximum atomic E-state index is 11.8. The van der Waals surface area contributed by atoms with Crippen LogP contribution in [0.4, 0.5) is 0 Å². The van der Waals surface area contributed by atoms with Crippen molar-refractivity contribution in [2.75, 3.05) is 13.2 Å². The van der Waals surface area contributed by atoms with Crippen LogP contribution in [0.15, 0.2) is 46.9 Å². The van der Waals surface area contributed by atoms with Gasteiger partial charge in [0, 0.05) is 17.4 Å². The number of carbonyl (C=O) groups excluding carboxylic acids is 1. The first kappa shape index (κ1) is 19.7. The zero-order valence-corrected chi connectivity index (χ0v) is 17.2.